The topological polar surface area (TPSA) is 110 Å². The Hall–Kier alpha value is -4.53. The van der Waals surface area contributed by atoms with Crippen molar-refractivity contribution in [1.29, 1.82) is 0 Å². The molecule has 0 bridgehead atoms. The van der Waals surface area contributed by atoms with E-state index in [-0.39, 0.29) is 22.5 Å². The van der Waals surface area contributed by atoms with Crippen LogP contribution in [-0.2, 0) is 9.59 Å². The number of methoxy groups -OCH3 is 1. The summed E-state index contributed by atoms with van der Waals surface area (Å²) in [6.45, 7) is 0. The summed E-state index contributed by atoms with van der Waals surface area (Å²) in [5.74, 6) is -2.52. The summed E-state index contributed by atoms with van der Waals surface area (Å²) in [5.41, 5.74) is 0.379. The molecule has 1 saturated heterocycles. The predicted octanol–water partition coefficient (Wildman–Crippen LogP) is 4.37. The number of aliphatic hydroxyl groups is 1. The molecule has 1 unspecified atom stereocenters. The number of aliphatic hydroxyl groups excluding tert-OH is 1. The van der Waals surface area contributed by atoms with E-state index >= 15 is 0 Å². The van der Waals surface area contributed by atoms with Crippen LogP contribution in [0.15, 0.2) is 78.4 Å². The molecule has 4 rings (SSSR count). The molecule has 33 heavy (non-hydrogen) atoms. The molecule has 1 heterocycles. The minimum Gasteiger partial charge on any atom is -0.507 e. The first-order valence-corrected chi connectivity index (χ1v) is 9.77. The number of ketones is 1. The lowest BCUT2D eigenvalue weighted by atomic mass is 9.94. The lowest BCUT2D eigenvalue weighted by Gasteiger charge is -2.26. The summed E-state index contributed by atoms with van der Waals surface area (Å²) in [4.78, 5) is 37.7. The van der Waals surface area contributed by atoms with Crippen molar-refractivity contribution in [2.45, 2.75) is 6.04 Å². The van der Waals surface area contributed by atoms with Gasteiger partial charge in [-0.1, -0.05) is 18.2 Å². The summed E-state index contributed by atoms with van der Waals surface area (Å²) in [7, 11) is 1.43. The van der Waals surface area contributed by atoms with E-state index < -0.39 is 34.2 Å². The average molecular weight is 448 g/mol. The van der Waals surface area contributed by atoms with Crippen LogP contribution >= 0.6 is 0 Å². The molecule has 0 saturated carbocycles. The number of ether oxygens (including phenoxy) is 1. The van der Waals surface area contributed by atoms with Gasteiger partial charge in [-0.3, -0.25) is 24.6 Å². The van der Waals surface area contributed by atoms with Crippen molar-refractivity contribution in [3.8, 4) is 5.75 Å². The number of carbonyl (C=O) groups excluding carboxylic acids is 2. The predicted molar refractivity (Wildman–Crippen MR) is 117 cm³/mol. The summed E-state index contributed by atoms with van der Waals surface area (Å²) in [6, 6.07) is 15.6. The maximum absolute atomic E-state index is 13.5. The highest BCUT2D eigenvalue weighted by atomic mass is 19.1. The van der Waals surface area contributed by atoms with Crippen LogP contribution in [0.5, 0.6) is 5.75 Å². The van der Waals surface area contributed by atoms with E-state index in [1.807, 2.05) is 0 Å². The summed E-state index contributed by atoms with van der Waals surface area (Å²) >= 11 is 0. The number of halogens is 1. The maximum Gasteiger partial charge on any atom is 0.300 e. The monoisotopic (exact) mass is 448 g/mol. The number of benzene rings is 3. The lowest BCUT2D eigenvalue weighted by molar-refractivity contribution is -0.384. The average Bonchev–Trinajstić information content (AvgIpc) is 3.09. The fourth-order valence-electron chi connectivity index (χ4n) is 3.78. The molecular formula is C24H17FN2O6. The van der Waals surface area contributed by atoms with Crippen LogP contribution in [0.2, 0.25) is 0 Å². The van der Waals surface area contributed by atoms with E-state index in [4.69, 9.17) is 4.74 Å². The highest BCUT2D eigenvalue weighted by molar-refractivity contribution is 6.51. The first-order chi connectivity index (χ1) is 15.8. The van der Waals surface area contributed by atoms with Crippen molar-refractivity contribution >= 4 is 28.8 Å². The molecule has 8 nitrogen and oxygen atoms in total. The number of nitrogens with zero attached hydrogens (tertiary/aromatic N) is 2. The van der Waals surface area contributed by atoms with Gasteiger partial charge < -0.3 is 9.84 Å². The number of hydrogen-bond acceptors (Lipinski definition) is 6. The van der Waals surface area contributed by atoms with Gasteiger partial charge in [0.1, 0.15) is 17.3 Å². The van der Waals surface area contributed by atoms with Crippen LogP contribution in [0.25, 0.3) is 5.76 Å². The lowest BCUT2D eigenvalue weighted by Crippen LogP contribution is -2.29. The van der Waals surface area contributed by atoms with Crippen molar-refractivity contribution in [1.82, 2.24) is 0 Å². The molecule has 0 radical (unpaired) electrons. The summed E-state index contributed by atoms with van der Waals surface area (Å²) in [5, 5.41) is 22.0. The maximum atomic E-state index is 13.5. The highest BCUT2D eigenvalue weighted by Gasteiger charge is 2.47. The van der Waals surface area contributed by atoms with Crippen molar-refractivity contribution in [3.05, 3.63) is 105 Å². The van der Waals surface area contributed by atoms with Crippen LogP contribution in [0, 0.1) is 15.9 Å². The number of hydrogen-bond donors (Lipinski definition) is 1. The van der Waals surface area contributed by atoms with Gasteiger partial charge in [0.05, 0.1) is 23.6 Å². The van der Waals surface area contributed by atoms with Crippen molar-refractivity contribution in [3.63, 3.8) is 0 Å². The van der Waals surface area contributed by atoms with Gasteiger partial charge in [0.25, 0.3) is 17.4 Å². The molecule has 1 aliphatic heterocycles. The Balaban J connectivity index is 1.95. The standard InChI is InChI=1S/C24H17FN2O6/c1-33-19-5-3-2-4-18(19)21-20(22(28)14-6-10-17(11-7-14)27(31)32)23(29)24(30)26(21)16-12-8-15(25)9-13-16/h2-13,21,28H,1H3/b22-20+. The molecular weight excluding hydrogens is 431 g/mol. The Bertz CT molecular complexity index is 1290. The Morgan fingerprint density at radius 3 is 2.27 bits per heavy atom. The molecule has 0 aromatic heterocycles. The highest BCUT2D eigenvalue weighted by Crippen LogP contribution is 2.44. The van der Waals surface area contributed by atoms with Crippen LogP contribution < -0.4 is 9.64 Å². The smallest absolute Gasteiger partial charge is 0.300 e. The minimum atomic E-state index is -1.08. The molecule has 1 aliphatic rings. The molecule has 3 aromatic carbocycles. The van der Waals surface area contributed by atoms with Crippen molar-refractivity contribution in [2.75, 3.05) is 12.0 Å². The number of Topliss-reactive ketones (excluding diaryl/α,β-unsaturated/α-hetero) is 1. The van der Waals surface area contributed by atoms with Gasteiger partial charge in [-0.05, 0) is 42.5 Å². The third-order valence-electron chi connectivity index (χ3n) is 5.33. The zero-order chi connectivity index (χ0) is 23.7. The Morgan fingerprint density at radius 2 is 1.67 bits per heavy atom. The molecule has 3 aromatic rings. The molecule has 166 valence electrons. The van der Waals surface area contributed by atoms with E-state index in [1.165, 1.54) is 43.5 Å². The van der Waals surface area contributed by atoms with Gasteiger partial charge >= 0.3 is 0 Å². The number of nitro groups is 1. The SMILES string of the molecule is COc1ccccc1C1/C(=C(\O)c2ccc([N+](=O)[O-])cc2)C(=O)C(=O)N1c1ccc(F)cc1. The van der Waals surface area contributed by atoms with Gasteiger partial charge in [-0.15, -0.1) is 0 Å². The molecule has 0 aliphatic carbocycles. The van der Waals surface area contributed by atoms with E-state index in [0.717, 1.165) is 17.0 Å². The number of para-hydroxylation sites is 1. The minimum absolute atomic E-state index is 0.123. The third kappa shape index (κ3) is 3.80. The third-order valence-corrected chi connectivity index (χ3v) is 5.33. The van der Waals surface area contributed by atoms with E-state index in [0.29, 0.717) is 11.3 Å². The molecule has 1 N–H and O–H groups in total. The Labute approximate surface area is 187 Å². The molecule has 1 amide bonds. The fraction of sp³-hybridized carbons (Fsp3) is 0.0833. The quantitative estimate of drug-likeness (QED) is 0.204. The van der Waals surface area contributed by atoms with E-state index in [2.05, 4.69) is 0 Å². The zero-order valence-electron chi connectivity index (χ0n) is 17.3. The second-order valence-corrected chi connectivity index (χ2v) is 7.19. The van der Waals surface area contributed by atoms with Gasteiger partial charge in [-0.25, -0.2) is 4.39 Å². The number of nitro benzene ring substituents is 1. The first kappa shape index (κ1) is 21.7. The zero-order valence-corrected chi connectivity index (χ0v) is 17.3. The van der Waals surface area contributed by atoms with Crippen LogP contribution in [0.1, 0.15) is 17.2 Å². The normalized spacial score (nSPS) is 17.3. The van der Waals surface area contributed by atoms with E-state index in [1.54, 1.807) is 24.3 Å². The van der Waals surface area contributed by atoms with Gasteiger partial charge in [0, 0.05) is 28.9 Å². The fourth-order valence-corrected chi connectivity index (χ4v) is 3.78. The second-order valence-electron chi connectivity index (χ2n) is 7.19. The number of carbonyl (C=O) groups is 2. The molecule has 0 spiro atoms. The van der Waals surface area contributed by atoms with Gasteiger partial charge in [0.15, 0.2) is 0 Å². The summed E-state index contributed by atoms with van der Waals surface area (Å²) in [6.07, 6.45) is 0. The van der Waals surface area contributed by atoms with Crippen molar-refractivity contribution < 1.29 is 28.7 Å². The van der Waals surface area contributed by atoms with E-state index in [9.17, 15) is 29.2 Å². The van der Waals surface area contributed by atoms with Gasteiger partial charge in [0.2, 0.25) is 0 Å². The largest absolute Gasteiger partial charge is 0.507 e. The number of non-ortho nitro benzene ring substituents is 1. The molecule has 9 heteroatoms. The number of rotatable bonds is 5. The summed E-state index contributed by atoms with van der Waals surface area (Å²) < 4.78 is 18.9. The number of anilines is 1. The first-order valence-electron chi connectivity index (χ1n) is 9.77. The van der Waals surface area contributed by atoms with Crippen LogP contribution in [0.3, 0.4) is 0 Å². The van der Waals surface area contributed by atoms with Crippen molar-refractivity contribution in [2.24, 2.45) is 0 Å². The van der Waals surface area contributed by atoms with Gasteiger partial charge in [-0.2, -0.15) is 0 Å². The Morgan fingerprint density at radius 1 is 1.03 bits per heavy atom. The molecule has 1 fully saturated rings. The van der Waals surface area contributed by atoms with Crippen LogP contribution in [-0.4, -0.2) is 28.8 Å². The molecule has 1 atom stereocenters. The Kier molecular flexibility index (Phi) is 5.61. The second kappa shape index (κ2) is 8.54. The van der Waals surface area contributed by atoms with Crippen LogP contribution in [0.4, 0.5) is 15.8 Å². The number of amides is 1.